The Bertz CT molecular complexity index is 549. The first-order chi connectivity index (χ1) is 7.66. The normalized spacial score (nSPS) is 10.3. The first-order valence-electron chi connectivity index (χ1n) is 4.93. The van der Waals surface area contributed by atoms with Gasteiger partial charge in [0.25, 0.3) is 6.20 Å². The fourth-order valence-electron chi connectivity index (χ4n) is 1.53. The summed E-state index contributed by atoms with van der Waals surface area (Å²) in [6.45, 7) is 1.99. The van der Waals surface area contributed by atoms with Gasteiger partial charge in [-0.05, 0) is 6.92 Å². The summed E-state index contributed by atoms with van der Waals surface area (Å²) in [5, 5.41) is 11.7. The molecule has 2 aromatic heterocycles. The maximum absolute atomic E-state index is 11.7. The molecule has 2 rings (SSSR count). The monoisotopic (exact) mass is 218 g/mol. The molecule has 2 heterocycles. The van der Waals surface area contributed by atoms with E-state index < -0.39 is 0 Å². The molecule has 0 unspecified atom stereocenters. The highest BCUT2D eigenvalue weighted by Crippen LogP contribution is 1.98. The van der Waals surface area contributed by atoms with Crippen molar-refractivity contribution in [2.24, 2.45) is 0 Å². The highest BCUT2D eigenvalue weighted by molar-refractivity contribution is 5.02. The molecular weight excluding hydrogens is 206 g/mol. The molecule has 5 heteroatoms. The Labute approximate surface area is 92.4 Å². The van der Waals surface area contributed by atoms with Crippen molar-refractivity contribution in [1.29, 1.82) is 0 Å². The predicted molar refractivity (Wildman–Crippen MR) is 57.0 cm³/mol. The van der Waals surface area contributed by atoms with Crippen LogP contribution in [0.2, 0.25) is 0 Å². The lowest BCUT2D eigenvalue weighted by molar-refractivity contribution is -0.689. The zero-order valence-corrected chi connectivity index (χ0v) is 8.91. The van der Waals surface area contributed by atoms with Crippen LogP contribution < -0.4 is 8.99 Å². The molecule has 82 valence electrons. The molecule has 0 saturated heterocycles. The molecule has 0 aliphatic carbocycles. The summed E-state index contributed by atoms with van der Waals surface area (Å²) in [5.74, 6) is 0. The van der Waals surface area contributed by atoms with Crippen molar-refractivity contribution in [3.05, 3.63) is 64.5 Å². The number of pyridine rings is 1. The lowest BCUT2D eigenvalue weighted by atomic mass is 10.4. The Morgan fingerprint density at radius 3 is 2.62 bits per heavy atom. The fourth-order valence-corrected chi connectivity index (χ4v) is 1.53. The van der Waals surface area contributed by atoms with E-state index in [1.807, 2.05) is 35.2 Å². The van der Waals surface area contributed by atoms with E-state index in [9.17, 15) is 10.1 Å². The van der Waals surface area contributed by atoms with Crippen LogP contribution >= 0.6 is 0 Å². The Morgan fingerprint density at radius 1 is 1.25 bits per heavy atom. The Hall–Kier alpha value is -2.17. The predicted octanol–water partition coefficient (Wildman–Crippen LogP) is 0.393. The van der Waals surface area contributed by atoms with E-state index >= 15 is 0 Å². The molecule has 0 amide bonds. The maximum atomic E-state index is 11.7. The highest BCUT2D eigenvalue weighted by Gasteiger charge is 2.09. The summed E-state index contributed by atoms with van der Waals surface area (Å²) in [6, 6.07) is 5.64. The molecular formula is C11H12N3O2+. The SMILES string of the molecule is Cc1c[n+](=O)cc(C[n+]2ccccc2)n1[O-]. The van der Waals surface area contributed by atoms with E-state index in [0.717, 1.165) is 4.73 Å². The molecule has 0 bridgehead atoms. The van der Waals surface area contributed by atoms with Crippen LogP contribution in [0.1, 0.15) is 11.4 Å². The lowest BCUT2D eigenvalue weighted by Gasteiger charge is -2.14. The molecule has 0 saturated carbocycles. The van der Waals surface area contributed by atoms with Gasteiger partial charge in [0.05, 0.1) is 10.1 Å². The molecule has 0 aliphatic heterocycles. The van der Waals surface area contributed by atoms with Gasteiger partial charge in [-0.1, -0.05) is 6.07 Å². The molecule has 0 radical (unpaired) electrons. The third-order valence-corrected chi connectivity index (χ3v) is 2.29. The third-order valence-electron chi connectivity index (χ3n) is 2.29. The molecule has 0 fully saturated rings. The summed E-state index contributed by atoms with van der Waals surface area (Å²) >= 11 is 0. The minimum atomic E-state index is 0.383. The Morgan fingerprint density at radius 2 is 1.94 bits per heavy atom. The highest BCUT2D eigenvalue weighted by atomic mass is 16.5. The van der Waals surface area contributed by atoms with Gasteiger partial charge in [-0.2, -0.15) is 4.57 Å². The Balaban J connectivity index is 2.39. The van der Waals surface area contributed by atoms with Crippen molar-refractivity contribution < 1.29 is 8.99 Å². The van der Waals surface area contributed by atoms with Gasteiger partial charge in [-0.25, -0.2) is 0 Å². The number of aromatic nitrogens is 3. The van der Waals surface area contributed by atoms with Crippen molar-refractivity contribution in [3.63, 3.8) is 0 Å². The van der Waals surface area contributed by atoms with Crippen molar-refractivity contribution in [1.82, 2.24) is 4.73 Å². The van der Waals surface area contributed by atoms with Gasteiger partial charge in [0, 0.05) is 17.0 Å². The average molecular weight is 218 g/mol. The van der Waals surface area contributed by atoms with Gasteiger partial charge in [-0.15, -0.1) is 0 Å². The van der Waals surface area contributed by atoms with Crippen molar-refractivity contribution in [2.45, 2.75) is 13.5 Å². The summed E-state index contributed by atoms with van der Waals surface area (Å²) in [7, 11) is 0. The average Bonchev–Trinajstić information content (AvgIpc) is 2.27. The molecule has 16 heavy (non-hydrogen) atoms. The first-order valence-corrected chi connectivity index (χ1v) is 4.93. The van der Waals surface area contributed by atoms with Gasteiger partial charge in [0.1, 0.15) is 5.69 Å². The van der Waals surface area contributed by atoms with Gasteiger partial charge >= 0.3 is 0 Å². The zero-order chi connectivity index (χ0) is 11.5. The number of aryl methyl sites for hydroxylation is 1. The van der Waals surface area contributed by atoms with Crippen LogP contribution in [0, 0.1) is 17.0 Å². The second kappa shape index (κ2) is 4.14. The summed E-state index contributed by atoms with van der Waals surface area (Å²) < 4.78 is 3.26. The van der Waals surface area contributed by atoms with Crippen LogP contribution in [0.15, 0.2) is 43.0 Å². The quantitative estimate of drug-likeness (QED) is 0.685. The standard InChI is InChI=1S/C11H12N3O2/c1-10-7-13(15)9-11(14(10)16)8-12-5-3-2-4-6-12/h2-7,9H,8H2,1H3/q+1. The maximum Gasteiger partial charge on any atom is 0.253 e. The molecule has 0 aliphatic rings. The van der Waals surface area contributed by atoms with E-state index in [4.69, 9.17) is 0 Å². The van der Waals surface area contributed by atoms with E-state index in [0.29, 0.717) is 22.4 Å². The first kappa shape index (κ1) is 10.4. The van der Waals surface area contributed by atoms with E-state index in [-0.39, 0.29) is 0 Å². The molecule has 0 atom stereocenters. The van der Waals surface area contributed by atoms with Crippen LogP contribution in [0.4, 0.5) is 0 Å². The third kappa shape index (κ3) is 2.08. The lowest BCUT2D eigenvalue weighted by Crippen LogP contribution is -2.35. The minimum Gasteiger partial charge on any atom is -0.805 e. The van der Waals surface area contributed by atoms with Crippen molar-refractivity contribution in [3.8, 4) is 0 Å². The summed E-state index contributed by atoms with van der Waals surface area (Å²) in [5.41, 5.74) is 0.815. The van der Waals surface area contributed by atoms with Gasteiger partial charge in [0.15, 0.2) is 18.9 Å². The van der Waals surface area contributed by atoms with Gasteiger partial charge < -0.3 is 9.94 Å². The van der Waals surface area contributed by atoms with Crippen LogP contribution in [0.5, 0.6) is 0 Å². The summed E-state index contributed by atoms with van der Waals surface area (Å²) in [4.78, 5) is 11.2. The van der Waals surface area contributed by atoms with E-state index in [1.165, 1.54) is 12.4 Å². The second-order valence-electron chi connectivity index (χ2n) is 3.59. The van der Waals surface area contributed by atoms with E-state index in [2.05, 4.69) is 0 Å². The minimum absolute atomic E-state index is 0.383. The molecule has 2 aromatic rings. The van der Waals surface area contributed by atoms with Crippen LogP contribution in [-0.2, 0) is 6.54 Å². The number of nitrogens with zero attached hydrogens (tertiary/aromatic N) is 3. The van der Waals surface area contributed by atoms with Crippen LogP contribution in [-0.4, -0.2) is 4.73 Å². The van der Waals surface area contributed by atoms with Gasteiger partial charge in [-0.3, -0.25) is 0 Å². The molecule has 5 nitrogen and oxygen atoms in total. The van der Waals surface area contributed by atoms with Crippen molar-refractivity contribution in [2.75, 3.05) is 0 Å². The fraction of sp³-hybridized carbons (Fsp3) is 0.182. The largest absolute Gasteiger partial charge is 0.805 e. The number of hydrogen-bond donors (Lipinski definition) is 0. The second-order valence-corrected chi connectivity index (χ2v) is 3.59. The van der Waals surface area contributed by atoms with Crippen LogP contribution in [0.3, 0.4) is 0 Å². The summed E-state index contributed by atoms with van der Waals surface area (Å²) in [6.07, 6.45) is 6.24. The zero-order valence-electron chi connectivity index (χ0n) is 8.91. The van der Waals surface area contributed by atoms with Crippen molar-refractivity contribution >= 4 is 0 Å². The molecule has 0 N–H and O–H groups in total. The molecule has 0 aromatic carbocycles. The molecule has 0 spiro atoms. The number of rotatable bonds is 2. The van der Waals surface area contributed by atoms with E-state index in [1.54, 1.807) is 6.92 Å². The van der Waals surface area contributed by atoms with Gasteiger partial charge in [0.2, 0.25) is 6.20 Å². The topological polar surface area (TPSA) is 54.8 Å². The van der Waals surface area contributed by atoms with Crippen LogP contribution in [0.25, 0.3) is 0 Å². The number of hydrogen-bond acceptors (Lipinski definition) is 2. The smallest absolute Gasteiger partial charge is 0.253 e. The Kier molecular flexibility index (Phi) is 2.68.